The quantitative estimate of drug-likeness (QED) is 0.637. The highest BCUT2D eigenvalue weighted by Crippen LogP contribution is 2.17. The van der Waals surface area contributed by atoms with Crippen molar-refractivity contribution in [2.75, 3.05) is 5.32 Å². The highest BCUT2D eigenvalue weighted by molar-refractivity contribution is 5.87. The van der Waals surface area contributed by atoms with E-state index >= 15 is 0 Å². The number of carbonyl (C=O) groups excluding carboxylic acids is 1. The van der Waals surface area contributed by atoms with Gasteiger partial charge < -0.3 is 10.3 Å². The predicted octanol–water partition coefficient (Wildman–Crippen LogP) is 1.08. The minimum Gasteiger partial charge on any atom is -0.335 e. The number of carbonyl (C=O) groups is 1. The topological polar surface area (TPSA) is 69.8 Å². The van der Waals surface area contributed by atoms with Gasteiger partial charge in [0.1, 0.15) is 0 Å². The summed E-state index contributed by atoms with van der Waals surface area (Å²) >= 11 is 0. The number of anilines is 1. The first-order chi connectivity index (χ1) is 6.34. The molecule has 1 fully saturated rings. The molecule has 0 radical (unpaired) electrons. The highest BCUT2D eigenvalue weighted by atomic mass is 16.2. The Hall–Kier alpha value is -1.52. The summed E-state index contributed by atoms with van der Waals surface area (Å²) in [5, 5.41) is 5.45. The second-order valence-corrected chi connectivity index (χ2v) is 3.16. The normalized spacial score (nSPS) is 16.3. The SMILES string of the molecule is O=C(Nc1ncc[nH]1)NC1CCC1. The van der Waals surface area contributed by atoms with Gasteiger partial charge >= 0.3 is 6.03 Å². The lowest BCUT2D eigenvalue weighted by atomic mass is 9.93. The summed E-state index contributed by atoms with van der Waals surface area (Å²) in [6.07, 6.45) is 6.65. The second kappa shape index (κ2) is 3.47. The van der Waals surface area contributed by atoms with Gasteiger partial charge in [0, 0.05) is 18.4 Å². The fraction of sp³-hybridized carbons (Fsp3) is 0.500. The van der Waals surface area contributed by atoms with E-state index in [9.17, 15) is 4.79 Å². The third-order valence-electron chi connectivity index (χ3n) is 2.17. The minimum atomic E-state index is -0.181. The number of hydrogen-bond acceptors (Lipinski definition) is 2. The molecule has 5 nitrogen and oxygen atoms in total. The Balaban J connectivity index is 1.78. The van der Waals surface area contributed by atoms with Gasteiger partial charge in [-0.2, -0.15) is 0 Å². The molecule has 1 saturated carbocycles. The summed E-state index contributed by atoms with van der Waals surface area (Å²) in [6, 6.07) is 0.176. The summed E-state index contributed by atoms with van der Waals surface area (Å²) in [4.78, 5) is 17.9. The van der Waals surface area contributed by atoms with Gasteiger partial charge in [-0.05, 0) is 19.3 Å². The summed E-state index contributed by atoms with van der Waals surface area (Å²) in [5.41, 5.74) is 0. The van der Waals surface area contributed by atoms with Crippen LogP contribution in [0, 0.1) is 0 Å². The van der Waals surface area contributed by atoms with Crippen LogP contribution < -0.4 is 10.6 Å². The summed E-state index contributed by atoms with van der Waals surface area (Å²) in [5.74, 6) is 0.483. The number of aromatic amines is 1. The molecule has 2 rings (SSSR count). The maximum absolute atomic E-state index is 11.2. The molecule has 70 valence electrons. The molecule has 1 aliphatic rings. The van der Waals surface area contributed by atoms with Crippen molar-refractivity contribution >= 4 is 12.0 Å². The summed E-state index contributed by atoms with van der Waals surface area (Å²) < 4.78 is 0. The van der Waals surface area contributed by atoms with Crippen molar-refractivity contribution in [3.8, 4) is 0 Å². The summed E-state index contributed by atoms with van der Waals surface area (Å²) in [7, 11) is 0. The Morgan fingerprint density at radius 1 is 1.62 bits per heavy atom. The molecular formula is C8H12N4O. The molecule has 0 aliphatic heterocycles. The van der Waals surface area contributed by atoms with E-state index in [1.165, 1.54) is 6.42 Å². The van der Waals surface area contributed by atoms with Crippen LogP contribution in [0.25, 0.3) is 0 Å². The number of rotatable bonds is 2. The van der Waals surface area contributed by atoms with Gasteiger partial charge in [-0.1, -0.05) is 0 Å². The first-order valence-electron chi connectivity index (χ1n) is 4.41. The maximum Gasteiger partial charge on any atom is 0.321 e. The number of urea groups is 1. The molecule has 1 heterocycles. The van der Waals surface area contributed by atoms with Crippen LogP contribution in [0.15, 0.2) is 12.4 Å². The van der Waals surface area contributed by atoms with E-state index in [0.29, 0.717) is 12.0 Å². The Labute approximate surface area is 75.9 Å². The highest BCUT2D eigenvalue weighted by Gasteiger charge is 2.19. The average molecular weight is 180 g/mol. The molecule has 0 aromatic carbocycles. The smallest absolute Gasteiger partial charge is 0.321 e. The van der Waals surface area contributed by atoms with Crippen molar-refractivity contribution in [1.29, 1.82) is 0 Å². The third-order valence-corrected chi connectivity index (χ3v) is 2.17. The minimum absolute atomic E-state index is 0.181. The Kier molecular flexibility index (Phi) is 2.16. The van der Waals surface area contributed by atoms with Gasteiger partial charge in [-0.15, -0.1) is 0 Å². The monoisotopic (exact) mass is 180 g/mol. The van der Waals surface area contributed by atoms with Crippen LogP contribution in [0.3, 0.4) is 0 Å². The van der Waals surface area contributed by atoms with E-state index in [2.05, 4.69) is 20.6 Å². The number of nitrogens with one attached hydrogen (secondary N) is 3. The van der Waals surface area contributed by atoms with Gasteiger partial charge in [0.2, 0.25) is 5.95 Å². The predicted molar refractivity (Wildman–Crippen MR) is 48.4 cm³/mol. The van der Waals surface area contributed by atoms with Crippen molar-refractivity contribution in [2.24, 2.45) is 0 Å². The largest absolute Gasteiger partial charge is 0.335 e. The number of H-pyrrole nitrogens is 1. The molecule has 0 saturated heterocycles. The van der Waals surface area contributed by atoms with Crippen LogP contribution in [0.2, 0.25) is 0 Å². The van der Waals surface area contributed by atoms with Crippen molar-refractivity contribution in [3.05, 3.63) is 12.4 Å². The van der Waals surface area contributed by atoms with Crippen LogP contribution in [-0.4, -0.2) is 22.0 Å². The fourth-order valence-electron chi connectivity index (χ4n) is 1.22. The van der Waals surface area contributed by atoms with Crippen molar-refractivity contribution in [2.45, 2.75) is 25.3 Å². The van der Waals surface area contributed by atoms with Crippen LogP contribution >= 0.6 is 0 Å². The van der Waals surface area contributed by atoms with E-state index in [-0.39, 0.29) is 6.03 Å². The zero-order chi connectivity index (χ0) is 9.10. The lowest BCUT2D eigenvalue weighted by Crippen LogP contribution is -2.42. The molecule has 0 bridgehead atoms. The molecule has 2 amide bonds. The van der Waals surface area contributed by atoms with Crippen molar-refractivity contribution in [1.82, 2.24) is 15.3 Å². The lowest BCUT2D eigenvalue weighted by molar-refractivity contribution is 0.240. The molecule has 5 heteroatoms. The van der Waals surface area contributed by atoms with Gasteiger partial charge in [0.05, 0.1) is 0 Å². The molecule has 0 spiro atoms. The van der Waals surface area contributed by atoms with E-state index in [4.69, 9.17) is 0 Å². The van der Waals surface area contributed by atoms with E-state index in [1.54, 1.807) is 12.4 Å². The number of nitrogens with zero attached hydrogens (tertiary/aromatic N) is 1. The second-order valence-electron chi connectivity index (χ2n) is 3.16. The molecule has 3 N–H and O–H groups in total. The zero-order valence-electron chi connectivity index (χ0n) is 7.21. The average Bonchev–Trinajstić information content (AvgIpc) is 2.49. The van der Waals surface area contributed by atoms with Gasteiger partial charge in [-0.3, -0.25) is 5.32 Å². The number of amides is 2. The first-order valence-corrected chi connectivity index (χ1v) is 4.41. The molecule has 1 aromatic rings. The maximum atomic E-state index is 11.2. The van der Waals surface area contributed by atoms with Crippen molar-refractivity contribution in [3.63, 3.8) is 0 Å². The molecule has 0 unspecified atom stereocenters. The molecular weight excluding hydrogens is 168 g/mol. The van der Waals surface area contributed by atoms with Crippen LogP contribution in [-0.2, 0) is 0 Å². The number of imidazole rings is 1. The van der Waals surface area contributed by atoms with Crippen LogP contribution in [0.4, 0.5) is 10.7 Å². The van der Waals surface area contributed by atoms with Gasteiger partial charge in [0.25, 0.3) is 0 Å². The fourth-order valence-corrected chi connectivity index (χ4v) is 1.22. The van der Waals surface area contributed by atoms with E-state index in [1.807, 2.05) is 0 Å². The van der Waals surface area contributed by atoms with Crippen LogP contribution in [0.1, 0.15) is 19.3 Å². The zero-order valence-corrected chi connectivity index (χ0v) is 7.21. The first kappa shape index (κ1) is 8.10. The molecule has 0 atom stereocenters. The van der Waals surface area contributed by atoms with Gasteiger partial charge in [0.15, 0.2) is 0 Å². The standard InChI is InChI=1S/C8H12N4O/c13-8(11-6-2-1-3-6)12-7-9-4-5-10-7/h4-6H,1-3H2,(H3,9,10,11,12,13). The van der Waals surface area contributed by atoms with E-state index < -0.39 is 0 Å². The third kappa shape index (κ3) is 1.99. The number of hydrogen-bond donors (Lipinski definition) is 3. The number of aromatic nitrogens is 2. The molecule has 1 aliphatic carbocycles. The summed E-state index contributed by atoms with van der Waals surface area (Å²) in [6.45, 7) is 0. The van der Waals surface area contributed by atoms with Crippen LogP contribution in [0.5, 0.6) is 0 Å². The Morgan fingerprint density at radius 2 is 2.46 bits per heavy atom. The molecule has 1 aromatic heterocycles. The Morgan fingerprint density at radius 3 is 3.00 bits per heavy atom. The lowest BCUT2D eigenvalue weighted by Gasteiger charge is -2.26. The Bertz CT molecular complexity index is 278. The van der Waals surface area contributed by atoms with Crippen molar-refractivity contribution < 1.29 is 4.79 Å². The van der Waals surface area contributed by atoms with Gasteiger partial charge in [-0.25, -0.2) is 9.78 Å². The van der Waals surface area contributed by atoms with E-state index in [0.717, 1.165) is 12.8 Å². The molecule has 13 heavy (non-hydrogen) atoms.